The van der Waals surface area contributed by atoms with Crippen molar-refractivity contribution in [3.8, 4) is 28.7 Å². The molecule has 116 heavy (non-hydrogen) atoms. The molecular formula is C105H130O11. The van der Waals surface area contributed by atoms with Crippen molar-refractivity contribution in [3.63, 3.8) is 0 Å². The van der Waals surface area contributed by atoms with E-state index in [-0.39, 0.29) is 30.8 Å². The number of benzene rings is 10. The van der Waals surface area contributed by atoms with Crippen molar-refractivity contribution in [2.45, 2.75) is 292 Å². The number of esters is 1. The number of ether oxygens (including phenoxy) is 9. The topological polar surface area (TPSA) is 117 Å². The highest BCUT2D eigenvalue weighted by Crippen LogP contribution is 2.61. The number of fused-ring (bicyclic) bond motifs is 5. The molecule has 17 unspecified atom stereocenters. The van der Waals surface area contributed by atoms with Crippen LogP contribution in [0.2, 0.25) is 0 Å². The summed E-state index contributed by atoms with van der Waals surface area (Å²) in [5, 5.41) is 12.6. The van der Waals surface area contributed by atoms with Crippen molar-refractivity contribution in [2.75, 3.05) is 13.7 Å². The maximum absolute atomic E-state index is 11.9. The van der Waals surface area contributed by atoms with Crippen LogP contribution in [-0.4, -0.2) is 61.3 Å². The molecule has 10 aromatic carbocycles. The molecule has 11 nitrogen and oxygen atoms in total. The lowest BCUT2D eigenvalue weighted by Crippen LogP contribution is -2.37. The Morgan fingerprint density at radius 2 is 0.724 bits per heavy atom. The summed E-state index contributed by atoms with van der Waals surface area (Å²) in [4.78, 5) is 23.8. The normalized spacial score (nSPS) is 25.1. The molecule has 0 heterocycles. The minimum absolute atomic E-state index is 0.0684. The van der Waals surface area contributed by atoms with Gasteiger partial charge in [-0.2, -0.15) is 0 Å². The van der Waals surface area contributed by atoms with Gasteiger partial charge < -0.3 is 42.6 Å². The van der Waals surface area contributed by atoms with Crippen LogP contribution in [0.3, 0.4) is 0 Å². The third kappa shape index (κ3) is 16.3. The molecule has 0 N–H and O–H groups in total. The molecule has 616 valence electrons. The Kier molecular flexibility index (Phi) is 24.1. The highest BCUT2D eigenvalue weighted by Gasteiger charge is 2.55. The van der Waals surface area contributed by atoms with Crippen molar-refractivity contribution in [2.24, 2.45) is 35.5 Å². The fourth-order valence-electron chi connectivity index (χ4n) is 20.8. The van der Waals surface area contributed by atoms with Crippen molar-refractivity contribution in [1.82, 2.24) is 0 Å². The summed E-state index contributed by atoms with van der Waals surface area (Å²) in [7, 11) is 1.70. The van der Waals surface area contributed by atoms with Crippen LogP contribution in [0.25, 0.3) is 53.9 Å². The fourth-order valence-corrected chi connectivity index (χ4v) is 20.8. The molecule has 8 aliphatic carbocycles. The van der Waals surface area contributed by atoms with E-state index in [0.29, 0.717) is 82.9 Å². The second-order valence-corrected chi connectivity index (χ2v) is 38.7. The number of rotatable bonds is 16. The summed E-state index contributed by atoms with van der Waals surface area (Å²) in [5.74, 6) is 13.7. The quantitative estimate of drug-likeness (QED) is 0.0523. The van der Waals surface area contributed by atoms with E-state index in [0.717, 1.165) is 63.9 Å². The Morgan fingerprint density at radius 1 is 0.388 bits per heavy atom. The Morgan fingerprint density at radius 3 is 1.10 bits per heavy atom. The smallest absolute Gasteiger partial charge is 0.487 e. The van der Waals surface area contributed by atoms with Gasteiger partial charge in [-0.05, 0) is 283 Å². The molecule has 8 aliphatic rings. The Bertz CT molecular complexity index is 5210. The number of methoxy groups -OCH3 is 1. The Hall–Kier alpha value is -8.64. The molecule has 3 fully saturated rings. The summed E-state index contributed by atoms with van der Waals surface area (Å²) in [5.41, 5.74) is 13.0. The number of hydrogen-bond acceptors (Lipinski definition) is 11. The first-order valence-electron chi connectivity index (χ1n) is 43.8. The van der Waals surface area contributed by atoms with Gasteiger partial charge in [0.25, 0.3) is 0 Å². The summed E-state index contributed by atoms with van der Waals surface area (Å²) in [6.45, 7) is 49.1. The zero-order chi connectivity index (χ0) is 83.0. The largest absolute Gasteiger partial charge is 0.514 e. The van der Waals surface area contributed by atoms with E-state index < -0.39 is 17.4 Å². The third-order valence-corrected chi connectivity index (χ3v) is 28.1. The fraction of sp³-hybridized carbons (Fsp3) is 0.505. The first kappa shape index (κ1) is 83.8. The zero-order valence-electron chi connectivity index (χ0n) is 73.8. The van der Waals surface area contributed by atoms with Crippen molar-refractivity contribution < 1.29 is 52.2 Å². The molecule has 0 aliphatic heterocycles. The molecule has 0 radical (unpaired) electrons. The average Bonchev–Trinajstić information content (AvgIpc) is 1.65. The first-order valence-corrected chi connectivity index (χ1v) is 43.8. The molecule has 10 aromatic rings. The number of carbonyl (C=O) groups excluding carboxylic acids is 2. The van der Waals surface area contributed by atoms with Gasteiger partial charge in [0.05, 0.1) is 6.10 Å². The van der Waals surface area contributed by atoms with Gasteiger partial charge in [-0.25, -0.2) is 9.59 Å². The van der Waals surface area contributed by atoms with Gasteiger partial charge >= 0.3 is 12.1 Å². The molecule has 3 saturated carbocycles. The Balaban J connectivity index is 0.000000121. The van der Waals surface area contributed by atoms with E-state index in [4.69, 9.17) is 42.6 Å². The second-order valence-electron chi connectivity index (χ2n) is 38.7. The predicted molar refractivity (Wildman–Crippen MR) is 475 cm³/mol. The van der Waals surface area contributed by atoms with Crippen LogP contribution in [0.5, 0.6) is 28.7 Å². The predicted octanol–water partition coefficient (Wildman–Crippen LogP) is 28.1. The minimum Gasteiger partial charge on any atom is -0.487 e. The van der Waals surface area contributed by atoms with E-state index in [1.807, 2.05) is 65.8 Å². The van der Waals surface area contributed by atoms with Gasteiger partial charge in [0, 0.05) is 45.9 Å². The lowest BCUT2D eigenvalue weighted by Gasteiger charge is -2.35. The van der Waals surface area contributed by atoms with E-state index in [9.17, 15) is 9.59 Å². The maximum atomic E-state index is 11.9. The van der Waals surface area contributed by atoms with E-state index >= 15 is 0 Å². The summed E-state index contributed by atoms with van der Waals surface area (Å²) in [6.07, 6.45) is 7.38. The molecule has 0 amide bonds. The van der Waals surface area contributed by atoms with Crippen LogP contribution in [0, 0.1) is 35.5 Å². The van der Waals surface area contributed by atoms with Gasteiger partial charge in [-0.1, -0.05) is 232 Å². The van der Waals surface area contributed by atoms with Crippen molar-refractivity contribution in [1.29, 1.82) is 0 Å². The summed E-state index contributed by atoms with van der Waals surface area (Å²) < 4.78 is 53.0. The minimum atomic E-state index is -0.660. The van der Waals surface area contributed by atoms with Crippen LogP contribution in [-0.2, 0) is 23.7 Å². The molecule has 17 atom stereocenters. The Labute approximate surface area is 691 Å². The van der Waals surface area contributed by atoms with Gasteiger partial charge in [0.15, 0.2) is 6.61 Å². The zero-order valence-corrected chi connectivity index (χ0v) is 73.8. The first-order chi connectivity index (χ1) is 55.1. The standard InChI is InChI=1S/C28H36O2.C20H24O3.C19H22O3.C19H24O2.C19H24O/c1-15(2)28(30-26-14-18-13-24(26)22-9-6-8-21(18)22)29-25-12-11-20-17(4)16(3)19-7-5-10-23(25)27(19)20;1-12-13(2)15-9-10-17(16-8-6-7-14(12)19(15)16)22-11-18(21)23-20(3,4)5;1-11-12(2)14-9-10-16(21-18(20)22-19(3,4)5)15-8-6-7-13(11)17(14)15;1-11(2)19(20-5)21-17-10-9-15-13(4)12(3)14-7-6-8-16(17)18(14)15;1-6-19(4,5)20-17-11-10-15-13(3)12(2)14-8-7-9-16(17)18(14)15/h5,7,10-12,15-18,21-22,24,26,28H,6,8-9,13-14H2,1-4H3;6-10,12-13H,11H2,1-5H3;6-12H,1-5H3;6-13,19H,1-5H3;7-13H,6H2,1-5H3. The number of carbonyl (C=O) groups is 2. The van der Waals surface area contributed by atoms with Gasteiger partial charge in [0.1, 0.15) is 45.6 Å². The third-order valence-electron chi connectivity index (χ3n) is 28.1. The average molecular weight is 1570 g/mol. The van der Waals surface area contributed by atoms with Gasteiger partial charge in [0.2, 0.25) is 12.6 Å². The van der Waals surface area contributed by atoms with Gasteiger partial charge in [-0.15, -0.1) is 0 Å². The maximum Gasteiger partial charge on any atom is 0.514 e. The van der Waals surface area contributed by atoms with Crippen molar-refractivity contribution in [3.05, 3.63) is 207 Å². The molecule has 2 bridgehead atoms. The molecule has 0 saturated heterocycles. The van der Waals surface area contributed by atoms with E-state index in [2.05, 4.69) is 245 Å². The van der Waals surface area contributed by atoms with Crippen LogP contribution in [0.4, 0.5) is 4.79 Å². The van der Waals surface area contributed by atoms with Gasteiger partial charge in [-0.3, -0.25) is 0 Å². The van der Waals surface area contributed by atoms with Crippen LogP contribution >= 0.6 is 0 Å². The second kappa shape index (κ2) is 33.3. The summed E-state index contributed by atoms with van der Waals surface area (Å²) in [6, 6.07) is 53.7. The molecule has 18 rings (SSSR count). The van der Waals surface area contributed by atoms with E-state index in [1.54, 1.807) is 7.11 Å². The molecule has 0 spiro atoms. The number of hydrogen-bond donors (Lipinski definition) is 0. The van der Waals surface area contributed by atoms with Crippen LogP contribution in [0.1, 0.15) is 313 Å². The van der Waals surface area contributed by atoms with Crippen molar-refractivity contribution >= 4 is 66.0 Å². The van der Waals surface area contributed by atoms with Crippen LogP contribution < -0.4 is 23.7 Å². The molecule has 11 heteroatoms. The highest BCUT2D eigenvalue weighted by atomic mass is 16.7. The molecular weight excluding hydrogens is 1440 g/mol. The SMILES string of the molecule is CC(C)C(Oc1ccc2c3c(cccc13)C(C)C2C)OC1CC2CC1C1CCCC21.CC1c2cccc3c(OC(=O)OC(C)(C)C)ccc(c23)C1C.CC1c2cccc3c(OCC(=O)OC(C)(C)C)ccc(c23)C1C.CCC(C)(C)Oc1ccc2c3c(cccc13)C(C)C2C.COC(Oc1ccc2c3c(cccc13)C(C)C2C)C(C)C. The lowest BCUT2D eigenvalue weighted by molar-refractivity contribution is -0.162. The van der Waals surface area contributed by atoms with Crippen LogP contribution in [0.15, 0.2) is 152 Å². The van der Waals surface area contributed by atoms with E-state index in [1.165, 1.54) is 131 Å². The molecule has 0 aromatic heterocycles. The summed E-state index contributed by atoms with van der Waals surface area (Å²) >= 11 is 0. The monoisotopic (exact) mass is 1570 g/mol. The lowest BCUT2D eigenvalue weighted by atomic mass is 9.80. The highest BCUT2D eigenvalue weighted by molar-refractivity contribution is 6.01.